The van der Waals surface area contributed by atoms with Crippen LogP contribution >= 0.6 is 0 Å². The maximum atomic E-state index is 5.40. The zero-order valence-corrected chi connectivity index (χ0v) is 14.0. The fraction of sp³-hybridized carbons (Fsp3) is 0.333. The Labute approximate surface area is 136 Å². The second-order valence-corrected chi connectivity index (χ2v) is 5.77. The summed E-state index contributed by atoms with van der Waals surface area (Å²) in [4.78, 5) is 4.51. The van der Waals surface area contributed by atoms with Crippen LogP contribution in [0.15, 0.2) is 36.5 Å². The standard InChI is InChI=1S/C18H22N4O/c1-12-9-18-20-11-16(14(3)22(18)21-12)13(2)19-10-15-7-5-6-8-17(15)23-4/h5-9,11,13,19H,10H2,1-4H3/t13-/m0/s1. The minimum Gasteiger partial charge on any atom is -0.496 e. The van der Waals surface area contributed by atoms with Gasteiger partial charge in [-0.3, -0.25) is 0 Å². The van der Waals surface area contributed by atoms with E-state index in [1.54, 1.807) is 7.11 Å². The van der Waals surface area contributed by atoms with Crippen LogP contribution in [0.25, 0.3) is 5.65 Å². The molecule has 0 aliphatic carbocycles. The van der Waals surface area contributed by atoms with E-state index in [1.165, 1.54) is 0 Å². The number of hydrogen-bond donors (Lipinski definition) is 1. The van der Waals surface area contributed by atoms with Gasteiger partial charge in [0, 0.05) is 41.7 Å². The molecule has 1 N–H and O–H groups in total. The number of rotatable bonds is 5. The molecule has 3 rings (SSSR count). The summed E-state index contributed by atoms with van der Waals surface area (Å²) in [6.45, 7) is 6.94. The number of nitrogens with zero attached hydrogens (tertiary/aromatic N) is 3. The fourth-order valence-electron chi connectivity index (χ4n) is 2.82. The normalized spacial score (nSPS) is 12.5. The van der Waals surface area contributed by atoms with Gasteiger partial charge in [0.05, 0.1) is 12.8 Å². The summed E-state index contributed by atoms with van der Waals surface area (Å²) in [6.07, 6.45) is 1.94. The molecular formula is C18H22N4O. The summed E-state index contributed by atoms with van der Waals surface area (Å²) in [5.74, 6) is 0.903. The summed E-state index contributed by atoms with van der Waals surface area (Å²) < 4.78 is 7.31. The van der Waals surface area contributed by atoms with Crippen LogP contribution in [0.3, 0.4) is 0 Å². The van der Waals surface area contributed by atoms with Gasteiger partial charge >= 0.3 is 0 Å². The largest absolute Gasteiger partial charge is 0.496 e. The van der Waals surface area contributed by atoms with Gasteiger partial charge in [-0.25, -0.2) is 9.50 Å². The van der Waals surface area contributed by atoms with E-state index in [9.17, 15) is 0 Å². The minimum absolute atomic E-state index is 0.168. The smallest absolute Gasteiger partial charge is 0.155 e. The lowest BCUT2D eigenvalue weighted by molar-refractivity contribution is 0.406. The third-order valence-corrected chi connectivity index (χ3v) is 4.14. The van der Waals surface area contributed by atoms with E-state index < -0.39 is 0 Å². The molecular weight excluding hydrogens is 288 g/mol. The van der Waals surface area contributed by atoms with Crippen molar-refractivity contribution in [2.75, 3.05) is 7.11 Å². The molecule has 0 amide bonds. The first-order valence-corrected chi connectivity index (χ1v) is 7.77. The lowest BCUT2D eigenvalue weighted by Gasteiger charge is -2.17. The van der Waals surface area contributed by atoms with Crippen LogP contribution in [0.5, 0.6) is 5.75 Å². The van der Waals surface area contributed by atoms with Gasteiger partial charge in [0.1, 0.15) is 5.75 Å². The Bertz CT molecular complexity index is 825. The number of aryl methyl sites for hydroxylation is 2. The fourth-order valence-corrected chi connectivity index (χ4v) is 2.82. The van der Waals surface area contributed by atoms with E-state index in [-0.39, 0.29) is 6.04 Å². The summed E-state index contributed by atoms with van der Waals surface area (Å²) in [6, 6.07) is 10.2. The topological polar surface area (TPSA) is 51.5 Å². The summed E-state index contributed by atoms with van der Waals surface area (Å²) in [7, 11) is 1.70. The van der Waals surface area contributed by atoms with E-state index in [2.05, 4.69) is 35.3 Å². The number of methoxy groups -OCH3 is 1. The van der Waals surface area contributed by atoms with Crippen molar-refractivity contribution in [1.82, 2.24) is 19.9 Å². The number of nitrogens with one attached hydrogen (secondary N) is 1. The molecule has 5 nitrogen and oxygen atoms in total. The lowest BCUT2D eigenvalue weighted by atomic mass is 10.1. The molecule has 0 spiro atoms. The van der Waals surface area contributed by atoms with Gasteiger partial charge in [-0.2, -0.15) is 5.10 Å². The highest BCUT2D eigenvalue weighted by Gasteiger charge is 2.13. The van der Waals surface area contributed by atoms with E-state index >= 15 is 0 Å². The Hall–Kier alpha value is -2.40. The maximum Gasteiger partial charge on any atom is 0.155 e. The number of hydrogen-bond acceptors (Lipinski definition) is 4. The Balaban J connectivity index is 1.80. The molecule has 0 aliphatic heterocycles. The third kappa shape index (κ3) is 3.05. The van der Waals surface area contributed by atoms with Crippen LogP contribution in [-0.4, -0.2) is 21.7 Å². The van der Waals surface area contributed by atoms with Gasteiger partial charge in [-0.05, 0) is 26.8 Å². The van der Waals surface area contributed by atoms with E-state index in [0.29, 0.717) is 0 Å². The SMILES string of the molecule is COc1ccccc1CN[C@@H](C)c1cnc2cc(C)nn2c1C. The van der Waals surface area contributed by atoms with Crippen molar-refractivity contribution >= 4 is 5.65 Å². The predicted molar refractivity (Wildman–Crippen MR) is 90.7 cm³/mol. The highest BCUT2D eigenvalue weighted by Crippen LogP contribution is 2.21. The van der Waals surface area contributed by atoms with Gasteiger partial charge < -0.3 is 10.1 Å². The zero-order chi connectivity index (χ0) is 16.4. The lowest BCUT2D eigenvalue weighted by Crippen LogP contribution is -2.20. The molecule has 0 fully saturated rings. The highest BCUT2D eigenvalue weighted by molar-refractivity contribution is 5.42. The number of aromatic nitrogens is 3. The van der Waals surface area contributed by atoms with Crippen molar-refractivity contribution in [3.8, 4) is 5.75 Å². The monoisotopic (exact) mass is 310 g/mol. The molecule has 0 saturated heterocycles. The van der Waals surface area contributed by atoms with Gasteiger partial charge in [0.25, 0.3) is 0 Å². The average molecular weight is 310 g/mol. The first-order valence-electron chi connectivity index (χ1n) is 7.77. The molecule has 3 aromatic rings. The molecule has 1 atom stereocenters. The number of fused-ring (bicyclic) bond motifs is 1. The summed E-state index contributed by atoms with van der Waals surface area (Å²) in [5.41, 5.74) is 5.27. The van der Waals surface area contributed by atoms with Crippen molar-refractivity contribution in [1.29, 1.82) is 0 Å². The second kappa shape index (κ2) is 6.38. The molecule has 5 heteroatoms. The van der Waals surface area contributed by atoms with E-state index in [1.807, 2.05) is 41.9 Å². The van der Waals surface area contributed by atoms with Gasteiger partial charge in [0.15, 0.2) is 5.65 Å². The second-order valence-electron chi connectivity index (χ2n) is 5.77. The van der Waals surface area contributed by atoms with Crippen LogP contribution in [-0.2, 0) is 6.54 Å². The first-order chi connectivity index (χ1) is 11.1. The number of para-hydroxylation sites is 1. The van der Waals surface area contributed by atoms with Crippen LogP contribution in [0, 0.1) is 13.8 Å². The Morgan fingerprint density at radius 2 is 2.04 bits per heavy atom. The number of ether oxygens (including phenoxy) is 1. The van der Waals surface area contributed by atoms with Crippen molar-refractivity contribution < 1.29 is 4.74 Å². The average Bonchev–Trinajstić information content (AvgIpc) is 2.94. The molecule has 2 aromatic heterocycles. The number of benzene rings is 1. The molecule has 0 saturated carbocycles. The molecule has 2 heterocycles. The first kappa shape index (κ1) is 15.5. The molecule has 23 heavy (non-hydrogen) atoms. The summed E-state index contributed by atoms with van der Waals surface area (Å²) >= 11 is 0. The van der Waals surface area contributed by atoms with Crippen molar-refractivity contribution in [3.63, 3.8) is 0 Å². The van der Waals surface area contributed by atoms with Crippen LogP contribution in [0.4, 0.5) is 0 Å². The van der Waals surface area contributed by atoms with E-state index in [0.717, 1.165) is 40.5 Å². The molecule has 0 unspecified atom stereocenters. The Kier molecular flexibility index (Phi) is 4.30. The Morgan fingerprint density at radius 1 is 1.26 bits per heavy atom. The van der Waals surface area contributed by atoms with Gasteiger partial charge in [-0.1, -0.05) is 18.2 Å². The van der Waals surface area contributed by atoms with Crippen LogP contribution < -0.4 is 10.1 Å². The third-order valence-electron chi connectivity index (χ3n) is 4.14. The molecule has 1 aromatic carbocycles. The Morgan fingerprint density at radius 3 is 2.83 bits per heavy atom. The molecule has 0 radical (unpaired) electrons. The minimum atomic E-state index is 0.168. The zero-order valence-electron chi connectivity index (χ0n) is 14.0. The van der Waals surface area contributed by atoms with Gasteiger partial charge in [-0.15, -0.1) is 0 Å². The van der Waals surface area contributed by atoms with Crippen molar-refractivity contribution in [3.05, 3.63) is 59.0 Å². The maximum absolute atomic E-state index is 5.40. The summed E-state index contributed by atoms with van der Waals surface area (Å²) in [5, 5.41) is 8.05. The molecule has 0 aliphatic rings. The van der Waals surface area contributed by atoms with Crippen LogP contribution in [0.1, 0.15) is 35.5 Å². The van der Waals surface area contributed by atoms with Crippen molar-refractivity contribution in [2.24, 2.45) is 0 Å². The van der Waals surface area contributed by atoms with Crippen molar-refractivity contribution in [2.45, 2.75) is 33.4 Å². The molecule has 0 bridgehead atoms. The quantitative estimate of drug-likeness (QED) is 0.786. The molecule has 120 valence electrons. The van der Waals surface area contributed by atoms with E-state index in [4.69, 9.17) is 4.74 Å². The predicted octanol–water partition coefficient (Wildman–Crippen LogP) is 3.21. The van der Waals surface area contributed by atoms with Gasteiger partial charge in [0.2, 0.25) is 0 Å². The van der Waals surface area contributed by atoms with Crippen LogP contribution in [0.2, 0.25) is 0 Å². The highest BCUT2D eigenvalue weighted by atomic mass is 16.5.